The average Bonchev–Trinajstić information content (AvgIpc) is 3.04. The smallest absolute Gasteiger partial charge is 0.282 e. The lowest BCUT2D eigenvalue weighted by Gasteiger charge is -2.16. The Balaban J connectivity index is 1.75. The highest BCUT2D eigenvalue weighted by atomic mass is 35.5. The number of nitrogens with zero attached hydrogens (tertiary/aromatic N) is 1. The monoisotopic (exact) mass is 458 g/mol. The van der Waals surface area contributed by atoms with E-state index in [2.05, 4.69) is 33.0 Å². The molecule has 5 heteroatoms. The third-order valence-electron chi connectivity index (χ3n) is 5.88. The van der Waals surface area contributed by atoms with Gasteiger partial charge in [0.05, 0.1) is 11.3 Å². The van der Waals surface area contributed by atoms with E-state index in [1.807, 2.05) is 48.5 Å². The normalized spacial score (nSPS) is 14.1. The summed E-state index contributed by atoms with van der Waals surface area (Å²) in [7, 11) is 0. The van der Waals surface area contributed by atoms with Crippen molar-refractivity contribution in [1.29, 1.82) is 0 Å². The standard InChI is InChI=1S/C28H27ClN2O2/c1-17(2)19-7-13-23(14-8-19)30-26-25(21-5-11-22(29)12-6-21)27(32)31(28(26)33)24-15-9-20(10-16-24)18(3)4/h5-18,30H,1-4H3. The molecule has 3 aromatic rings. The van der Waals surface area contributed by atoms with Crippen molar-refractivity contribution in [3.8, 4) is 0 Å². The molecule has 4 rings (SSSR count). The van der Waals surface area contributed by atoms with Gasteiger partial charge in [-0.3, -0.25) is 9.59 Å². The number of carbonyl (C=O) groups excluding carboxylic acids is 2. The summed E-state index contributed by atoms with van der Waals surface area (Å²) in [5.41, 5.74) is 4.87. The summed E-state index contributed by atoms with van der Waals surface area (Å²) in [6, 6.07) is 22.4. The summed E-state index contributed by atoms with van der Waals surface area (Å²) in [6.07, 6.45) is 0. The SMILES string of the molecule is CC(C)c1ccc(NC2=C(c3ccc(Cl)cc3)C(=O)N(c3ccc(C(C)C)cc3)C2=O)cc1. The van der Waals surface area contributed by atoms with E-state index >= 15 is 0 Å². The molecule has 0 bridgehead atoms. The fraction of sp³-hybridized carbons (Fsp3) is 0.214. The van der Waals surface area contributed by atoms with Crippen LogP contribution < -0.4 is 10.2 Å². The molecule has 33 heavy (non-hydrogen) atoms. The fourth-order valence-electron chi connectivity index (χ4n) is 3.87. The van der Waals surface area contributed by atoms with Crippen molar-refractivity contribution in [3.63, 3.8) is 0 Å². The summed E-state index contributed by atoms with van der Waals surface area (Å²) in [6.45, 7) is 8.47. The Bertz CT molecular complexity index is 1210. The van der Waals surface area contributed by atoms with Gasteiger partial charge in [-0.2, -0.15) is 0 Å². The van der Waals surface area contributed by atoms with Gasteiger partial charge in [0.2, 0.25) is 0 Å². The quantitative estimate of drug-likeness (QED) is 0.405. The van der Waals surface area contributed by atoms with Crippen LogP contribution in [0.15, 0.2) is 78.5 Å². The van der Waals surface area contributed by atoms with Crippen molar-refractivity contribution in [2.45, 2.75) is 39.5 Å². The van der Waals surface area contributed by atoms with Gasteiger partial charge < -0.3 is 5.32 Å². The second-order valence-electron chi connectivity index (χ2n) is 8.85. The highest BCUT2D eigenvalue weighted by molar-refractivity contribution is 6.46. The van der Waals surface area contributed by atoms with Crippen LogP contribution in [0.5, 0.6) is 0 Å². The van der Waals surface area contributed by atoms with Crippen LogP contribution >= 0.6 is 11.6 Å². The minimum atomic E-state index is -0.379. The Kier molecular flexibility index (Phi) is 6.39. The van der Waals surface area contributed by atoms with E-state index in [9.17, 15) is 9.59 Å². The van der Waals surface area contributed by atoms with Gasteiger partial charge in [-0.05, 0) is 64.9 Å². The molecule has 0 saturated heterocycles. The topological polar surface area (TPSA) is 49.4 Å². The second-order valence-corrected chi connectivity index (χ2v) is 9.29. The minimum absolute atomic E-state index is 0.257. The van der Waals surface area contributed by atoms with Crippen LogP contribution in [0.25, 0.3) is 5.57 Å². The number of amides is 2. The summed E-state index contributed by atoms with van der Waals surface area (Å²) >= 11 is 6.06. The van der Waals surface area contributed by atoms with E-state index in [1.165, 1.54) is 10.5 Å². The predicted octanol–water partition coefficient (Wildman–Crippen LogP) is 6.98. The molecule has 1 N–H and O–H groups in total. The average molecular weight is 459 g/mol. The number of carbonyl (C=O) groups is 2. The van der Waals surface area contributed by atoms with E-state index in [1.54, 1.807) is 24.3 Å². The second kappa shape index (κ2) is 9.24. The van der Waals surface area contributed by atoms with Crippen molar-refractivity contribution in [2.75, 3.05) is 10.2 Å². The summed E-state index contributed by atoms with van der Waals surface area (Å²) in [5, 5.41) is 3.78. The Morgan fingerprint density at radius 3 is 1.73 bits per heavy atom. The molecule has 1 aliphatic heterocycles. The molecule has 0 fully saturated rings. The van der Waals surface area contributed by atoms with Crippen LogP contribution in [0, 0.1) is 0 Å². The predicted molar refractivity (Wildman–Crippen MR) is 136 cm³/mol. The number of halogens is 1. The molecular formula is C28H27ClN2O2. The van der Waals surface area contributed by atoms with Crippen LogP contribution in [0.3, 0.4) is 0 Å². The first-order valence-electron chi connectivity index (χ1n) is 11.1. The molecule has 4 nitrogen and oxygen atoms in total. The van der Waals surface area contributed by atoms with Crippen LogP contribution in [-0.2, 0) is 9.59 Å². The summed E-state index contributed by atoms with van der Waals surface area (Å²) < 4.78 is 0. The lowest BCUT2D eigenvalue weighted by atomic mass is 10.0. The molecule has 0 atom stereocenters. The Hall–Kier alpha value is -3.37. The van der Waals surface area contributed by atoms with Gasteiger partial charge in [0.25, 0.3) is 11.8 Å². The van der Waals surface area contributed by atoms with E-state index in [0.29, 0.717) is 33.7 Å². The minimum Gasteiger partial charge on any atom is -0.350 e. The van der Waals surface area contributed by atoms with Crippen molar-refractivity contribution in [3.05, 3.63) is 100 Å². The molecular weight excluding hydrogens is 432 g/mol. The molecule has 0 saturated carbocycles. The first-order valence-corrected chi connectivity index (χ1v) is 11.5. The summed E-state index contributed by atoms with van der Waals surface area (Å²) in [5.74, 6) is 0.0239. The number of rotatable bonds is 6. The molecule has 1 aliphatic rings. The largest absolute Gasteiger partial charge is 0.350 e. The van der Waals surface area contributed by atoms with Crippen molar-refractivity contribution in [1.82, 2.24) is 0 Å². The maximum Gasteiger partial charge on any atom is 0.282 e. The number of benzene rings is 3. The van der Waals surface area contributed by atoms with E-state index in [-0.39, 0.29) is 17.5 Å². The molecule has 0 aromatic heterocycles. The zero-order chi connectivity index (χ0) is 23.7. The van der Waals surface area contributed by atoms with Crippen molar-refractivity contribution < 1.29 is 9.59 Å². The van der Waals surface area contributed by atoms with Gasteiger partial charge in [0.15, 0.2) is 0 Å². The lowest BCUT2D eigenvalue weighted by molar-refractivity contribution is -0.120. The maximum absolute atomic E-state index is 13.5. The first-order chi connectivity index (χ1) is 15.8. The van der Waals surface area contributed by atoms with Gasteiger partial charge in [0, 0.05) is 10.7 Å². The van der Waals surface area contributed by atoms with Gasteiger partial charge in [-0.1, -0.05) is 75.7 Å². The van der Waals surface area contributed by atoms with Gasteiger partial charge in [-0.25, -0.2) is 4.90 Å². The molecule has 168 valence electrons. The van der Waals surface area contributed by atoms with Crippen LogP contribution in [-0.4, -0.2) is 11.8 Å². The summed E-state index contributed by atoms with van der Waals surface area (Å²) in [4.78, 5) is 28.3. The number of hydrogen-bond donors (Lipinski definition) is 1. The fourth-order valence-corrected chi connectivity index (χ4v) is 3.99. The zero-order valence-corrected chi connectivity index (χ0v) is 20.0. The first kappa shape index (κ1) is 22.8. The lowest BCUT2D eigenvalue weighted by Crippen LogP contribution is -2.32. The van der Waals surface area contributed by atoms with Crippen LogP contribution in [0.1, 0.15) is 56.2 Å². The molecule has 0 radical (unpaired) electrons. The van der Waals surface area contributed by atoms with Crippen LogP contribution in [0.2, 0.25) is 5.02 Å². The highest BCUT2D eigenvalue weighted by Crippen LogP contribution is 2.35. The third kappa shape index (κ3) is 4.57. The number of hydrogen-bond acceptors (Lipinski definition) is 3. The number of imide groups is 1. The zero-order valence-electron chi connectivity index (χ0n) is 19.2. The molecule has 1 heterocycles. The molecule has 2 amide bonds. The Labute approximate surface area is 199 Å². The Morgan fingerprint density at radius 2 is 1.21 bits per heavy atom. The number of anilines is 2. The van der Waals surface area contributed by atoms with E-state index < -0.39 is 0 Å². The maximum atomic E-state index is 13.5. The Morgan fingerprint density at radius 1 is 0.697 bits per heavy atom. The van der Waals surface area contributed by atoms with Gasteiger partial charge >= 0.3 is 0 Å². The van der Waals surface area contributed by atoms with Crippen molar-refractivity contribution >= 4 is 40.4 Å². The van der Waals surface area contributed by atoms with Gasteiger partial charge in [-0.15, -0.1) is 0 Å². The number of nitrogens with one attached hydrogen (secondary N) is 1. The highest BCUT2D eigenvalue weighted by Gasteiger charge is 2.40. The molecule has 0 unspecified atom stereocenters. The molecule has 0 spiro atoms. The van der Waals surface area contributed by atoms with Crippen molar-refractivity contribution in [2.24, 2.45) is 0 Å². The molecule has 3 aromatic carbocycles. The van der Waals surface area contributed by atoms with E-state index in [4.69, 9.17) is 11.6 Å². The van der Waals surface area contributed by atoms with E-state index in [0.717, 1.165) is 11.3 Å². The van der Waals surface area contributed by atoms with Gasteiger partial charge in [0.1, 0.15) is 5.70 Å². The third-order valence-corrected chi connectivity index (χ3v) is 6.13. The molecule has 0 aliphatic carbocycles. The van der Waals surface area contributed by atoms with Crippen LogP contribution in [0.4, 0.5) is 11.4 Å².